The molecule has 2 aromatic rings. The Morgan fingerprint density at radius 3 is 2.89 bits per heavy atom. The van der Waals surface area contributed by atoms with E-state index in [1.54, 1.807) is 23.5 Å². The van der Waals surface area contributed by atoms with Gasteiger partial charge in [0.05, 0.1) is 0 Å². The molecular formula is C14H15BrFNS. The molecule has 0 bridgehead atoms. The third-order valence-electron chi connectivity index (χ3n) is 2.77. The molecule has 1 atom stereocenters. The molecule has 96 valence electrons. The van der Waals surface area contributed by atoms with Crippen LogP contribution in [0.5, 0.6) is 0 Å². The van der Waals surface area contributed by atoms with E-state index < -0.39 is 0 Å². The van der Waals surface area contributed by atoms with E-state index in [2.05, 4.69) is 39.6 Å². The summed E-state index contributed by atoms with van der Waals surface area (Å²) in [4.78, 5) is 1.31. The topological polar surface area (TPSA) is 12.0 Å². The standard InChI is InChI=1S/C14H15BrFNS/c1-10(14-8-12(15)9-18-14)17-6-5-11-3-2-4-13(16)7-11/h2-4,7-10,17H,5-6H2,1H3. The zero-order valence-electron chi connectivity index (χ0n) is 10.1. The fourth-order valence-corrected chi connectivity index (χ4v) is 3.26. The molecule has 0 aliphatic heterocycles. The number of rotatable bonds is 5. The van der Waals surface area contributed by atoms with Gasteiger partial charge in [-0.3, -0.25) is 0 Å². The Labute approximate surface area is 119 Å². The molecule has 1 N–H and O–H groups in total. The molecule has 1 nitrogen and oxygen atoms in total. The molecule has 1 aromatic carbocycles. The van der Waals surface area contributed by atoms with Gasteiger partial charge in [-0.2, -0.15) is 0 Å². The molecule has 0 saturated heterocycles. The van der Waals surface area contributed by atoms with Crippen molar-refractivity contribution in [2.45, 2.75) is 19.4 Å². The van der Waals surface area contributed by atoms with E-state index in [0.717, 1.165) is 23.0 Å². The van der Waals surface area contributed by atoms with Gasteiger partial charge < -0.3 is 5.32 Å². The van der Waals surface area contributed by atoms with Crippen LogP contribution in [0.15, 0.2) is 40.2 Å². The highest BCUT2D eigenvalue weighted by Crippen LogP contribution is 2.25. The summed E-state index contributed by atoms with van der Waals surface area (Å²) in [6.07, 6.45) is 0.842. The van der Waals surface area contributed by atoms with E-state index in [1.807, 2.05) is 6.07 Å². The predicted octanol–water partition coefficient (Wildman–Crippen LogP) is 4.54. The highest BCUT2D eigenvalue weighted by Gasteiger charge is 2.07. The molecule has 2 rings (SSSR count). The van der Waals surface area contributed by atoms with Gasteiger partial charge in [-0.1, -0.05) is 12.1 Å². The van der Waals surface area contributed by atoms with Crippen LogP contribution in [0.25, 0.3) is 0 Å². The molecule has 1 unspecified atom stereocenters. The van der Waals surface area contributed by atoms with Gasteiger partial charge in [0.2, 0.25) is 0 Å². The van der Waals surface area contributed by atoms with Gasteiger partial charge in [0.1, 0.15) is 5.82 Å². The molecule has 0 aliphatic rings. The molecular weight excluding hydrogens is 313 g/mol. The van der Waals surface area contributed by atoms with Crippen LogP contribution in [-0.2, 0) is 6.42 Å². The van der Waals surface area contributed by atoms with Crippen LogP contribution >= 0.6 is 27.3 Å². The smallest absolute Gasteiger partial charge is 0.123 e. The average molecular weight is 328 g/mol. The average Bonchev–Trinajstić information content (AvgIpc) is 2.76. The fraction of sp³-hybridized carbons (Fsp3) is 0.286. The number of halogens is 2. The Kier molecular flexibility index (Phi) is 4.92. The normalized spacial score (nSPS) is 12.6. The van der Waals surface area contributed by atoms with Crippen LogP contribution in [0.1, 0.15) is 23.4 Å². The zero-order chi connectivity index (χ0) is 13.0. The van der Waals surface area contributed by atoms with E-state index in [4.69, 9.17) is 0 Å². The Balaban J connectivity index is 1.82. The molecule has 4 heteroatoms. The monoisotopic (exact) mass is 327 g/mol. The maximum atomic E-state index is 13.0. The summed E-state index contributed by atoms with van der Waals surface area (Å²) in [6.45, 7) is 2.99. The summed E-state index contributed by atoms with van der Waals surface area (Å²) < 4.78 is 14.1. The minimum Gasteiger partial charge on any atom is -0.309 e. The van der Waals surface area contributed by atoms with Crippen LogP contribution < -0.4 is 5.32 Å². The SMILES string of the molecule is CC(NCCc1cccc(F)c1)c1cc(Br)cs1. The minimum atomic E-state index is -0.164. The van der Waals surface area contributed by atoms with Crippen molar-refractivity contribution in [3.63, 3.8) is 0 Å². The molecule has 0 radical (unpaired) electrons. The van der Waals surface area contributed by atoms with Gasteiger partial charge in [-0.15, -0.1) is 11.3 Å². The van der Waals surface area contributed by atoms with Crippen molar-refractivity contribution >= 4 is 27.3 Å². The van der Waals surface area contributed by atoms with Gasteiger partial charge in [0.25, 0.3) is 0 Å². The fourth-order valence-electron chi connectivity index (χ4n) is 1.78. The first-order valence-corrected chi connectivity index (χ1v) is 7.54. The number of nitrogens with one attached hydrogen (secondary N) is 1. The first kappa shape index (κ1) is 13.7. The van der Waals surface area contributed by atoms with Crippen LogP contribution in [0.2, 0.25) is 0 Å². The van der Waals surface area contributed by atoms with Crippen LogP contribution in [0.3, 0.4) is 0 Å². The second-order valence-corrected chi connectivity index (χ2v) is 6.08. The summed E-state index contributed by atoms with van der Waals surface area (Å²) in [7, 11) is 0. The van der Waals surface area contributed by atoms with Crippen molar-refractivity contribution < 1.29 is 4.39 Å². The molecule has 1 heterocycles. The maximum absolute atomic E-state index is 13.0. The summed E-state index contributed by atoms with van der Waals surface area (Å²) in [5.74, 6) is -0.164. The van der Waals surface area contributed by atoms with Gasteiger partial charge >= 0.3 is 0 Å². The second kappa shape index (κ2) is 6.45. The van der Waals surface area contributed by atoms with Crippen LogP contribution in [-0.4, -0.2) is 6.54 Å². The summed E-state index contributed by atoms with van der Waals surface area (Å²) >= 11 is 5.19. The molecule has 0 amide bonds. The molecule has 18 heavy (non-hydrogen) atoms. The lowest BCUT2D eigenvalue weighted by atomic mass is 10.1. The Morgan fingerprint density at radius 2 is 2.22 bits per heavy atom. The molecule has 1 aromatic heterocycles. The van der Waals surface area contributed by atoms with Crippen molar-refractivity contribution in [1.82, 2.24) is 5.32 Å². The van der Waals surface area contributed by atoms with Crippen molar-refractivity contribution in [3.05, 3.63) is 56.4 Å². The number of thiophene rings is 1. The van der Waals surface area contributed by atoms with E-state index in [0.29, 0.717) is 6.04 Å². The number of hydrogen-bond donors (Lipinski definition) is 1. The van der Waals surface area contributed by atoms with E-state index >= 15 is 0 Å². The minimum absolute atomic E-state index is 0.164. The lowest BCUT2D eigenvalue weighted by Gasteiger charge is -2.11. The Hall–Kier alpha value is -0.710. The van der Waals surface area contributed by atoms with E-state index in [9.17, 15) is 4.39 Å². The first-order valence-electron chi connectivity index (χ1n) is 5.87. The molecule has 0 fully saturated rings. The predicted molar refractivity (Wildman–Crippen MR) is 78.5 cm³/mol. The van der Waals surface area contributed by atoms with Crippen LogP contribution in [0.4, 0.5) is 4.39 Å². The summed E-state index contributed by atoms with van der Waals surface area (Å²) in [5.41, 5.74) is 1.03. The lowest BCUT2D eigenvalue weighted by molar-refractivity contribution is 0.581. The Bertz CT molecular complexity index is 512. The largest absolute Gasteiger partial charge is 0.309 e. The quantitative estimate of drug-likeness (QED) is 0.849. The highest BCUT2D eigenvalue weighted by molar-refractivity contribution is 9.10. The highest BCUT2D eigenvalue weighted by atomic mass is 79.9. The van der Waals surface area contributed by atoms with E-state index in [-0.39, 0.29) is 5.82 Å². The zero-order valence-corrected chi connectivity index (χ0v) is 12.5. The maximum Gasteiger partial charge on any atom is 0.123 e. The van der Waals surface area contributed by atoms with Crippen molar-refractivity contribution in [1.29, 1.82) is 0 Å². The second-order valence-electron chi connectivity index (χ2n) is 4.22. The summed E-state index contributed by atoms with van der Waals surface area (Å²) in [6, 6.07) is 9.23. The lowest BCUT2D eigenvalue weighted by Crippen LogP contribution is -2.20. The number of hydrogen-bond acceptors (Lipinski definition) is 2. The third kappa shape index (κ3) is 3.90. The van der Waals surface area contributed by atoms with Gasteiger partial charge in [-0.25, -0.2) is 4.39 Å². The molecule has 0 aliphatic carbocycles. The Morgan fingerprint density at radius 1 is 1.39 bits per heavy atom. The van der Waals surface area contributed by atoms with Gasteiger partial charge in [0, 0.05) is 20.8 Å². The molecule has 0 spiro atoms. The molecule has 0 saturated carbocycles. The first-order chi connectivity index (χ1) is 8.65. The summed E-state index contributed by atoms with van der Waals surface area (Å²) in [5, 5.41) is 5.53. The third-order valence-corrected chi connectivity index (χ3v) is 4.64. The van der Waals surface area contributed by atoms with Gasteiger partial charge in [-0.05, 0) is 59.6 Å². The van der Waals surface area contributed by atoms with Crippen LogP contribution in [0, 0.1) is 5.82 Å². The van der Waals surface area contributed by atoms with Crippen molar-refractivity contribution in [2.24, 2.45) is 0 Å². The van der Waals surface area contributed by atoms with Gasteiger partial charge in [0.15, 0.2) is 0 Å². The number of benzene rings is 1. The van der Waals surface area contributed by atoms with Crippen molar-refractivity contribution in [3.8, 4) is 0 Å². The van der Waals surface area contributed by atoms with Crippen molar-refractivity contribution in [2.75, 3.05) is 6.54 Å². The van der Waals surface area contributed by atoms with E-state index in [1.165, 1.54) is 10.9 Å².